The molecule has 0 unspecified atom stereocenters. The van der Waals surface area contributed by atoms with E-state index in [9.17, 15) is 22.8 Å². The number of rotatable bonds is 16. The molecule has 5 aromatic heterocycles. The Bertz CT molecular complexity index is 4720. The number of hydrogen-bond donors (Lipinski definition) is 6. The molecule has 0 amide bonds. The molecule has 14 rings (SSSR count). The van der Waals surface area contributed by atoms with E-state index >= 15 is 0 Å². The summed E-state index contributed by atoms with van der Waals surface area (Å²) in [5.74, 6) is 0.901. The molecule has 24 heteroatoms. The lowest BCUT2D eigenvalue weighted by Gasteiger charge is -2.14. The van der Waals surface area contributed by atoms with E-state index in [2.05, 4.69) is 60.6 Å². The summed E-state index contributed by atoms with van der Waals surface area (Å²) in [6.45, 7) is 5.66. The molecular formula is C69H64ClF3N18O2. The zero-order chi connectivity index (χ0) is 64.5. The van der Waals surface area contributed by atoms with Crippen molar-refractivity contribution < 1.29 is 13.2 Å². The standard InChI is InChI=1S/C23H20ClFN6.C23H21FN6O.C23H23FN6O/c1-30-13-18-20(14-30)29-31(22(18)17-7-2-3-8-19(17)25)12-15-5-4-6-16(11-15)27-21-9-10-26-23(24)28-21;1-29-13-18-20(14-29)28-30(22(18)17-7-2-3-8-19(17)24)12-15-5-4-6-16(11-15)26-21-9-10-25-23(31)27-21;1-30-13-18(20(25)14-30)22(17-7-2-3-8-19(17)24)27-12-15-5-4-6-16(11-15)28-21-9-10-26-23(31)29-21/h2-11H,12-14H2,1H3,(H,26,27,28);2-11H,12-14H2,1H3,(H2,25,26,27,31);2-11H,12-14,25H2,1H3,(H2,26,28,29,31). The lowest BCUT2D eigenvalue weighted by atomic mass is 10.0. The fourth-order valence-corrected chi connectivity index (χ4v) is 11.7. The first-order chi connectivity index (χ1) is 45.1. The van der Waals surface area contributed by atoms with E-state index in [0.717, 1.165) is 99.4 Å². The number of fused-ring (bicyclic) bond motifs is 2. The third-order valence-corrected chi connectivity index (χ3v) is 15.7. The average molecular weight is 1270 g/mol. The summed E-state index contributed by atoms with van der Waals surface area (Å²) < 4.78 is 47.8. The van der Waals surface area contributed by atoms with E-state index < -0.39 is 11.4 Å². The van der Waals surface area contributed by atoms with Crippen LogP contribution in [0.3, 0.4) is 0 Å². The van der Waals surface area contributed by atoms with Crippen LogP contribution >= 0.6 is 11.6 Å². The van der Waals surface area contributed by atoms with Crippen molar-refractivity contribution in [2.24, 2.45) is 10.7 Å². The Balaban J connectivity index is 0.000000134. The van der Waals surface area contributed by atoms with Crippen LogP contribution in [-0.2, 0) is 45.8 Å². The lowest BCUT2D eigenvalue weighted by molar-refractivity contribution is 0.346. The Morgan fingerprint density at radius 3 is 1.51 bits per heavy atom. The number of anilines is 6. The summed E-state index contributed by atoms with van der Waals surface area (Å²) >= 11 is 5.88. The summed E-state index contributed by atoms with van der Waals surface area (Å²) in [5.41, 5.74) is 20.5. The highest BCUT2D eigenvalue weighted by atomic mass is 35.5. The van der Waals surface area contributed by atoms with E-state index in [1.54, 1.807) is 60.8 Å². The number of aromatic amines is 2. The van der Waals surface area contributed by atoms with Crippen LogP contribution in [0.25, 0.3) is 22.5 Å². The minimum Gasteiger partial charge on any atom is -0.401 e. The molecule has 0 saturated heterocycles. The number of benzene rings is 6. The van der Waals surface area contributed by atoms with Crippen molar-refractivity contribution in [3.8, 4) is 22.5 Å². The summed E-state index contributed by atoms with van der Waals surface area (Å²) in [7, 11) is 6.05. The van der Waals surface area contributed by atoms with Crippen LogP contribution in [0.15, 0.2) is 208 Å². The number of nitrogens with zero attached hydrogens (tertiary/aromatic N) is 12. The molecular weight excluding hydrogens is 1210 g/mol. The van der Waals surface area contributed by atoms with Gasteiger partial charge in [0.25, 0.3) is 0 Å². The summed E-state index contributed by atoms with van der Waals surface area (Å²) in [6, 6.07) is 48.9. The van der Waals surface area contributed by atoms with Gasteiger partial charge in [-0.1, -0.05) is 72.8 Å². The summed E-state index contributed by atoms with van der Waals surface area (Å²) in [6.07, 6.45) is 4.49. The maximum atomic E-state index is 14.7. The Labute approximate surface area is 538 Å². The van der Waals surface area contributed by atoms with E-state index in [1.807, 2.05) is 122 Å². The quantitative estimate of drug-likeness (QED) is 0.0390. The van der Waals surface area contributed by atoms with Crippen LogP contribution in [0.5, 0.6) is 0 Å². The van der Waals surface area contributed by atoms with Gasteiger partial charge in [0.05, 0.1) is 48.1 Å². The molecule has 20 nitrogen and oxygen atoms in total. The van der Waals surface area contributed by atoms with Gasteiger partial charge in [0.15, 0.2) is 0 Å². The number of aliphatic imine (C=N–C) groups is 1. The molecule has 0 atom stereocenters. The molecule has 0 saturated carbocycles. The van der Waals surface area contributed by atoms with Crippen LogP contribution in [0.2, 0.25) is 5.28 Å². The zero-order valence-corrected chi connectivity index (χ0v) is 51.7. The average Bonchev–Trinajstić information content (AvgIpc) is 1.63. The van der Waals surface area contributed by atoms with Crippen LogP contribution in [0.1, 0.15) is 44.8 Å². The van der Waals surface area contributed by atoms with E-state index in [0.29, 0.717) is 78.3 Å². The number of halogens is 4. The molecule has 93 heavy (non-hydrogen) atoms. The van der Waals surface area contributed by atoms with E-state index in [1.165, 1.54) is 30.6 Å². The minimum absolute atomic E-state index is 0.187. The van der Waals surface area contributed by atoms with Crippen LogP contribution < -0.4 is 33.1 Å². The van der Waals surface area contributed by atoms with Crippen LogP contribution in [0.4, 0.5) is 47.7 Å². The Morgan fingerprint density at radius 1 is 0.538 bits per heavy atom. The highest BCUT2D eigenvalue weighted by molar-refractivity contribution is 6.28. The number of nitrogens with two attached hydrogens (primary N) is 1. The highest BCUT2D eigenvalue weighted by Gasteiger charge is 2.30. The van der Waals surface area contributed by atoms with Crippen molar-refractivity contribution in [3.63, 3.8) is 0 Å². The molecule has 11 aromatic rings. The molecule has 0 spiro atoms. The lowest BCUT2D eigenvalue weighted by Crippen LogP contribution is -2.18. The molecule has 0 fully saturated rings. The van der Waals surface area contributed by atoms with Gasteiger partial charge in [-0.2, -0.15) is 10.2 Å². The van der Waals surface area contributed by atoms with Crippen molar-refractivity contribution in [1.82, 2.24) is 64.2 Å². The topological polar surface area (TPSA) is 237 Å². The van der Waals surface area contributed by atoms with Gasteiger partial charge in [0.1, 0.15) is 34.9 Å². The third kappa shape index (κ3) is 15.2. The SMILES string of the molecule is CN1CC(N)=C(C(=NCc2cccc(Nc3ccnc(=O)[nH]3)c2)c2ccccc2F)C1.CN1Cc2nn(Cc3cccc(Nc4ccnc(=O)[nH]4)c3)c(-c3ccccc3F)c2C1.CN1Cc2nn(Cc3cccc(Nc4ccnc(Cl)n4)c3)c(-c3ccccc3F)c2C1. The molecule has 0 bridgehead atoms. The van der Waals surface area contributed by atoms with Crippen LogP contribution in [0, 0.1) is 17.5 Å². The number of H-pyrrole nitrogens is 2. The smallest absolute Gasteiger partial charge is 0.346 e. The second-order valence-electron chi connectivity index (χ2n) is 22.8. The molecule has 0 radical (unpaired) electrons. The number of nitrogens with one attached hydrogen (secondary N) is 5. The first-order valence-corrected chi connectivity index (χ1v) is 30.2. The normalized spacial score (nSPS) is 13.9. The Hall–Kier alpha value is -10.9. The van der Waals surface area contributed by atoms with Gasteiger partial charge in [0.2, 0.25) is 5.28 Å². The van der Waals surface area contributed by atoms with Crippen molar-refractivity contribution in [2.75, 3.05) is 50.2 Å². The molecule has 6 aromatic carbocycles. The predicted molar refractivity (Wildman–Crippen MR) is 355 cm³/mol. The van der Waals surface area contributed by atoms with Crippen molar-refractivity contribution >= 4 is 51.8 Å². The second-order valence-corrected chi connectivity index (χ2v) is 23.1. The summed E-state index contributed by atoms with van der Waals surface area (Å²) in [5, 5.41) is 19.4. The molecule has 470 valence electrons. The van der Waals surface area contributed by atoms with Crippen molar-refractivity contribution in [3.05, 3.63) is 282 Å². The monoisotopic (exact) mass is 1270 g/mol. The number of likely N-dealkylation sites (N-methyl/N-ethyl adjacent to an activating group) is 1. The maximum Gasteiger partial charge on any atom is 0.346 e. The Morgan fingerprint density at radius 2 is 1.01 bits per heavy atom. The number of hydrogen-bond acceptors (Lipinski definition) is 16. The fraction of sp³-hybridized carbons (Fsp3) is 0.174. The highest BCUT2D eigenvalue weighted by Crippen LogP contribution is 2.36. The first-order valence-electron chi connectivity index (χ1n) is 29.8. The fourth-order valence-electron chi connectivity index (χ4n) is 11.5. The molecule has 7 N–H and O–H groups in total. The van der Waals surface area contributed by atoms with Gasteiger partial charge in [0, 0.05) is 114 Å². The third-order valence-electron chi connectivity index (χ3n) is 15.6. The Kier molecular flexibility index (Phi) is 18.9. The van der Waals surface area contributed by atoms with Gasteiger partial charge < -0.3 is 21.7 Å². The van der Waals surface area contributed by atoms with E-state index in [4.69, 9.17) is 32.5 Å². The number of aromatic nitrogens is 10. The first kappa shape index (κ1) is 62.3. The minimum atomic E-state index is -0.423. The van der Waals surface area contributed by atoms with Gasteiger partial charge in [-0.05, 0) is 140 Å². The molecule has 0 aliphatic carbocycles. The summed E-state index contributed by atoms with van der Waals surface area (Å²) in [4.78, 5) is 54.6. The van der Waals surface area contributed by atoms with Gasteiger partial charge >= 0.3 is 11.4 Å². The van der Waals surface area contributed by atoms with Crippen molar-refractivity contribution in [2.45, 2.75) is 45.8 Å². The van der Waals surface area contributed by atoms with Crippen molar-refractivity contribution in [1.29, 1.82) is 0 Å². The predicted octanol–water partition coefficient (Wildman–Crippen LogP) is 11.2. The molecule has 3 aliphatic heterocycles. The zero-order valence-electron chi connectivity index (χ0n) is 51.0. The largest absolute Gasteiger partial charge is 0.401 e. The maximum absolute atomic E-state index is 14.7. The molecule has 8 heterocycles. The van der Waals surface area contributed by atoms with Gasteiger partial charge in [-0.25, -0.2) is 42.7 Å². The van der Waals surface area contributed by atoms with E-state index in [-0.39, 0.29) is 22.7 Å². The van der Waals surface area contributed by atoms with Gasteiger partial charge in [-0.3, -0.25) is 39.0 Å². The van der Waals surface area contributed by atoms with Crippen LogP contribution in [-0.4, -0.2) is 104 Å². The van der Waals surface area contributed by atoms with Gasteiger partial charge in [-0.15, -0.1) is 0 Å². The molecule has 3 aliphatic rings. The second kappa shape index (κ2) is 28.1.